The van der Waals surface area contributed by atoms with E-state index < -0.39 is 11.4 Å². The topological polar surface area (TPSA) is 75.6 Å². The molecule has 0 saturated heterocycles. The van der Waals surface area contributed by atoms with Gasteiger partial charge in [-0.25, -0.2) is 0 Å². The number of carboxylic acids is 1. The third-order valence-electron chi connectivity index (χ3n) is 3.73. The maximum absolute atomic E-state index is 12.3. The number of methoxy groups -OCH3 is 1. The fourth-order valence-electron chi connectivity index (χ4n) is 2.14. The van der Waals surface area contributed by atoms with Crippen LogP contribution in [0.15, 0.2) is 24.3 Å². The minimum atomic E-state index is -0.773. The van der Waals surface area contributed by atoms with Gasteiger partial charge in [0.15, 0.2) is 0 Å². The molecule has 5 heteroatoms. The first-order valence-electron chi connectivity index (χ1n) is 7.52. The standard InChI is InChI=1S/C17H25NO4/c1-17(2,13-8-10-14(22-3)11-9-13)16(21)18-12-6-4-5-7-15(19)20/h8-11H,4-7,12H2,1-3H3,(H,18,21)(H,19,20). The Hall–Kier alpha value is -2.04. The number of nitrogens with one attached hydrogen (secondary N) is 1. The second-order valence-electron chi connectivity index (χ2n) is 5.81. The SMILES string of the molecule is COc1ccc(C(C)(C)C(=O)NCCCCCC(=O)O)cc1. The summed E-state index contributed by atoms with van der Waals surface area (Å²) in [5.74, 6) is -0.0426. The molecule has 0 aliphatic heterocycles. The van der Waals surface area contributed by atoms with Crippen molar-refractivity contribution in [3.05, 3.63) is 29.8 Å². The summed E-state index contributed by atoms with van der Waals surface area (Å²) in [5, 5.41) is 11.5. The highest BCUT2D eigenvalue weighted by Crippen LogP contribution is 2.25. The Morgan fingerprint density at radius 3 is 2.32 bits per heavy atom. The van der Waals surface area contributed by atoms with Crippen molar-refractivity contribution >= 4 is 11.9 Å². The highest BCUT2D eigenvalue weighted by Gasteiger charge is 2.29. The quantitative estimate of drug-likeness (QED) is 0.688. The van der Waals surface area contributed by atoms with Crippen LogP contribution < -0.4 is 10.1 Å². The van der Waals surface area contributed by atoms with Crippen LogP contribution in [0.5, 0.6) is 5.75 Å². The number of amides is 1. The van der Waals surface area contributed by atoms with Gasteiger partial charge in [-0.15, -0.1) is 0 Å². The number of benzene rings is 1. The molecule has 1 rings (SSSR count). The maximum atomic E-state index is 12.3. The molecule has 0 unspecified atom stereocenters. The van der Waals surface area contributed by atoms with Gasteiger partial charge in [0.1, 0.15) is 5.75 Å². The first-order chi connectivity index (χ1) is 10.4. The zero-order valence-corrected chi connectivity index (χ0v) is 13.5. The Kier molecular flexibility index (Phi) is 6.89. The van der Waals surface area contributed by atoms with Crippen LogP contribution in [0.1, 0.15) is 45.1 Å². The van der Waals surface area contributed by atoms with E-state index in [2.05, 4.69) is 5.32 Å². The van der Waals surface area contributed by atoms with E-state index in [0.717, 1.165) is 24.2 Å². The summed E-state index contributed by atoms with van der Waals surface area (Å²) < 4.78 is 5.12. The molecule has 0 aromatic heterocycles. The Bertz CT molecular complexity index is 494. The summed E-state index contributed by atoms with van der Waals surface area (Å²) in [6.07, 6.45) is 2.42. The average molecular weight is 307 g/mol. The minimum Gasteiger partial charge on any atom is -0.497 e. The van der Waals surface area contributed by atoms with E-state index in [0.29, 0.717) is 13.0 Å². The van der Waals surface area contributed by atoms with Gasteiger partial charge in [0.25, 0.3) is 0 Å². The minimum absolute atomic E-state index is 0.0316. The summed E-state index contributed by atoms with van der Waals surface area (Å²) in [6.45, 7) is 4.33. The fourth-order valence-corrected chi connectivity index (χ4v) is 2.14. The van der Waals surface area contributed by atoms with Crippen molar-refractivity contribution in [1.29, 1.82) is 0 Å². The van der Waals surface area contributed by atoms with E-state index in [1.54, 1.807) is 7.11 Å². The van der Waals surface area contributed by atoms with E-state index in [4.69, 9.17) is 9.84 Å². The molecule has 22 heavy (non-hydrogen) atoms. The van der Waals surface area contributed by atoms with Crippen LogP contribution in [0.3, 0.4) is 0 Å². The van der Waals surface area contributed by atoms with Crippen molar-refractivity contribution in [1.82, 2.24) is 5.32 Å². The zero-order chi connectivity index (χ0) is 16.6. The van der Waals surface area contributed by atoms with Crippen LogP contribution in [-0.2, 0) is 15.0 Å². The van der Waals surface area contributed by atoms with Crippen molar-refractivity contribution < 1.29 is 19.4 Å². The number of carbonyl (C=O) groups excluding carboxylic acids is 1. The number of hydrogen-bond donors (Lipinski definition) is 2. The van der Waals surface area contributed by atoms with Crippen molar-refractivity contribution in [2.75, 3.05) is 13.7 Å². The summed E-state index contributed by atoms with van der Waals surface area (Å²) in [7, 11) is 1.61. The van der Waals surface area contributed by atoms with Crippen LogP contribution in [0.2, 0.25) is 0 Å². The Balaban J connectivity index is 2.43. The monoisotopic (exact) mass is 307 g/mol. The third kappa shape index (κ3) is 5.39. The molecule has 0 aliphatic carbocycles. The summed E-state index contributed by atoms with van der Waals surface area (Å²) in [4.78, 5) is 22.7. The van der Waals surface area contributed by atoms with Crippen molar-refractivity contribution in [2.45, 2.75) is 44.9 Å². The van der Waals surface area contributed by atoms with Crippen LogP contribution in [0, 0.1) is 0 Å². The lowest BCUT2D eigenvalue weighted by atomic mass is 9.83. The van der Waals surface area contributed by atoms with Gasteiger partial charge in [-0.1, -0.05) is 18.6 Å². The molecule has 0 atom stereocenters. The molecular weight excluding hydrogens is 282 g/mol. The zero-order valence-electron chi connectivity index (χ0n) is 13.5. The predicted octanol–water partition coefficient (Wildman–Crippen LogP) is 2.73. The molecule has 0 fully saturated rings. The van der Waals surface area contributed by atoms with Crippen molar-refractivity contribution in [3.8, 4) is 5.75 Å². The Morgan fingerprint density at radius 2 is 1.77 bits per heavy atom. The van der Waals surface area contributed by atoms with Gasteiger partial charge in [0, 0.05) is 13.0 Å². The normalized spacial score (nSPS) is 11.0. The molecule has 2 N–H and O–H groups in total. The molecule has 1 aromatic rings. The van der Waals surface area contributed by atoms with Crippen molar-refractivity contribution in [2.24, 2.45) is 0 Å². The molecule has 0 heterocycles. The maximum Gasteiger partial charge on any atom is 0.303 e. The molecule has 1 aromatic carbocycles. The molecule has 0 radical (unpaired) electrons. The molecule has 5 nitrogen and oxygen atoms in total. The third-order valence-corrected chi connectivity index (χ3v) is 3.73. The second-order valence-corrected chi connectivity index (χ2v) is 5.81. The molecule has 0 spiro atoms. The van der Waals surface area contributed by atoms with Gasteiger partial charge in [0.05, 0.1) is 12.5 Å². The summed E-state index contributed by atoms with van der Waals surface area (Å²) >= 11 is 0. The average Bonchev–Trinajstić information content (AvgIpc) is 2.50. The van der Waals surface area contributed by atoms with E-state index in [9.17, 15) is 9.59 Å². The Labute approximate surface area is 131 Å². The van der Waals surface area contributed by atoms with Crippen molar-refractivity contribution in [3.63, 3.8) is 0 Å². The van der Waals surface area contributed by atoms with Gasteiger partial charge in [0.2, 0.25) is 5.91 Å². The van der Waals surface area contributed by atoms with E-state index in [1.165, 1.54) is 0 Å². The van der Waals surface area contributed by atoms with Gasteiger partial charge < -0.3 is 15.2 Å². The van der Waals surface area contributed by atoms with Crippen LogP contribution in [0.25, 0.3) is 0 Å². The van der Waals surface area contributed by atoms with Crippen LogP contribution in [-0.4, -0.2) is 30.6 Å². The summed E-state index contributed by atoms with van der Waals surface area (Å²) in [5.41, 5.74) is 0.310. The first kappa shape index (κ1) is 18.0. The molecule has 0 saturated carbocycles. The number of carboxylic acid groups (broad SMARTS) is 1. The van der Waals surface area contributed by atoms with Gasteiger partial charge in [-0.2, -0.15) is 0 Å². The van der Waals surface area contributed by atoms with Crippen LogP contribution in [0.4, 0.5) is 0 Å². The van der Waals surface area contributed by atoms with Gasteiger partial charge >= 0.3 is 5.97 Å². The molecule has 0 bridgehead atoms. The number of ether oxygens (including phenoxy) is 1. The van der Waals surface area contributed by atoms with Gasteiger partial charge in [-0.05, 0) is 44.4 Å². The molecule has 0 aliphatic rings. The second kappa shape index (κ2) is 8.41. The van der Waals surface area contributed by atoms with Gasteiger partial charge in [-0.3, -0.25) is 9.59 Å². The first-order valence-corrected chi connectivity index (χ1v) is 7.52. The highest BCUT2D eigenvalue weighted by atomic mass is 16.5. The van der Waals surface area contributed by atoms with Crippen LogP contribution >= 0.6 is 0 Å². The predicted molar refractivity (Wildman–Crippen MR) is 85.1 cm³/mol. The lowest BCUT2D eigenvalue weighted by molar-refractivity contribution is -0.137. The summed E-state index contributed by atoms with van der Waals surface area (Å²) in [6, 6.07) is 7.48. The van der Waals surface area contributed by atoms with E-state index in [1.807, 2.05) is 38.1 Å². The highest BCUT2D eigenvalue weighted by molar-refractivity contribution is 5.87. The number of rotatable bonds is 9. The number of aliphatic carboxylic acids is 1. The fraction of sp³-hybridized carbons (Fsp3) is 0.529. The Morgan fingerprint density at radius 1 is 1.14 bits per heavy atom. The van der Waals surface area contributed by atoms with E-state index in [-0.39, 0.29) is 12.3 Å². The van der Waals surface area contributed by atoms with E-state index >= 15 is 0 Å². The number of hydrogen-bond acceptors (Lipinski definition) is 3. The molecule has 1 amide bonds. The lowest BCUT2D eigenvalue weighted by Crippen LogP contribution is -2.40. The smallest absolute Gasteiger partial charge is 0.303 e. The number of carbonyl (C=O) groups is 2. The number of unbranched alkanes of at least 4 members (excludes halogenated alkanes) is 2. The molecule has 122 valence electrons. The molecular formula is C17H25NO4. The largest absolute Gasteiger partial charge is 0.497 e. The lowest BCUT2D eigenvalue weighted by Gasteiger charge is -2.24.